The smallest absolute Gasteiger partial charge is 0.337 e. The fourth-order valence-corrected chi connectivity index (χ4v) is 1.81. The highest BCUT2D eigenvalue weighted by atomic mass is 32.1. The van der Waals surface area contributed by atoms with Crippen molar-refractivity contribution in [3.8, 4) is 0 Å². The number of aliphatic imine (C=N–C) groups is 1. The van der Waals surface area contributed by atoms with Crippen molar-refractivity contribution in [3.05, 3.63) is 23.4 Å². The Hall–Kier alpha value is -1.49. The predicted octanol–water partition coefficient (Wildman–Crippen LogP) is 0.999. The Morgan fingerprint density at radius 2 is 2.40 bits per heavy atom. The normalized spacial score (nSPS) is 20.3. The van der Waals surface area contributed by atoms with Crippen LogP contribution in [0.5, 0.6) is 0 Å². The second kappa shape index (κ2) is 3.94. The van der Waals surface area contributed by atoms with E-state index in [1.54, 1.807) is 12.4 Å². The van der Waals surface area contributed by atoms with E-state index in [-0.39, 0.29) is 5.57 Å². The van der Waals surface area contributed by atoms with E-state index in [0.29, 0.717) is 23.5 Å². The number of allylic oxidation sites excluding steroid dienone is 2. The molecular weight excluding hydrogens is 212 g/mol. The summed E-state index contributed by atoms with van der Waals surface area (Å²) in [6.07, 6.45) is 5.71. The zero-order valence-corrected chi connectivity index (χ0v) is 8.83. The minimum atomic E-state index is -0.941. The topological polar surface area (TPSA) is 52.9 Å². The molecule has 1 N–H and O–H groups in total. The number of nitrogens with zero attached hydrogens (tertiary/aromatic N) is 2. The number of aliphatic carboxylic acids is 1. The molecule has 0 amide bonds. The lowest BCUT2D eigenvalue weighted by Crippen LogP contribution is -2.25. The highest BCUT2D eigenvalue weighted by Gasteiger charge is 2.23. The molecule has 0 unspecified atom stereocenters. The van der Waals surface area contributed by atoms with E-state index in [2.05, 4.69) is 4.99 Å². The molecule has 4 nitrogen and oxygen atoms in total. The van der Waals surface area contributed by atoms with Gasteiger partial charge in [-0.3, -0.25) is 4.99 Å². The first-order valence-corrected chi connectivity index (χ1v) is 5.04. The van der Waals surface area contributed by atoms with Crippen molar-refractivity contribution in [1.29, 1.82) is 0 Å². The number of carboxylic acids is 1. The van der Waals surface area contributed by atoms with E-state index in [4.69, 9.17) is 17.3 Å². The third kappa shape index (κ3) is 1.97. The Balaban J connectivity index is 2.30. The maximum absolute atomic E-state index is 11.0. The number of thiocarbonyl (C=S) groups is 1. The Kier molecular flexibility index (Phi) is 2.64. The molecule has 0 radical (unpaired) electrons. The standard InChI is InChI=1S/C10H10N2O2S/c13-10(14)8-5-7(15)1-2-9(8)12-4-3-11-6-12/h2,5-6H,1,3-4H2,(H,13,14). The summed E-state index contributed by atoms with van der Waals surface area (Å²) in [5.74, 6) is -0.941. The van der Waals surface area contributed by atoms with Crippen LogP contribution in [0.25, 0.3) is 0 Å². The monoisotopic (exact) mass is 222 g/mol. The van der Waals surface area contributed by atoms with Crippen LogP contribution in [0.1, 0.15) is 6.42 Å². The van der Waals surface area contributed by atoms with Gasteiger partial charge in [-0.25, -0.2) is 4.79 Å². The summed E-state index contributed by atoms with van der Waals surface area (Å²) in [5, 5.41) is 9.05. The zero-order chi connectivity index (χ0) is 10.8. The molecule has 5 heteroatoms. The largest absolute Gasteiger partial charge is 0.478 e. The van der Waals surface area contributed by atoms with E-state index in [1.165, 1.54) is 0 Å². The van der Waals surface area contributed by atoms with Gasteiger partial charge in [-0.2, -0.15) is 0 Å². The average molecular weight is 222 g/mol. The Morgan fingerprint density at radius 3 is 3.00 bits per heavy atom. The van der Waals surface area contributed by atoms with Gasteiger partial charge in [-0.15, -0.1) is 0 Å². The summed E-state index contributed by atoms with van der Waals surface area (Å²) in [6.45, 7) is 1.46. The third-order valence-electron chi connectivity index (χ3n) is 2.31. The van der Waals surface area contributed by atoms with Crippen LogP contribution in [-0.4, -0.2) is 40.3 Å². The summed E-state index contributed by atoms with van der Waals surface area (Å²) in [5.41, 5.74) is 0.969. The van der Waals surface area contributed by atoms with Crippen molar-refractivity contribution in [2.24, 2.45) is 4.99 Å². The Labute approximate surface area is 92.6 Å². The van der Waals surface area contributed by atoms with Gasteiger partial charge in [0.15, 0.2) is 0 Å². The highest BCUT2D eigenvalue weighted by molar-refractivity contribution is 7.80. The van der Waals surface area contributed by atoms with Crippen LogP contribution in [0.3, 0.4) is 0 Å². The molecular formula is C10H10N2O2S. The first-order chi connectivity index (χ1) is 7.18. The van der Waals surface area contributed by atoms with Crippen molar-refractivity contribution in [1.82, 2.24) is 4.90 Å². The van der Waals surface area contributed by atoms with Crippen LogP contribution in [-0.2, 0) is 4.79 Å². The second-order valence-corrected chi connectivity index (χ2v) is 3.86. The van der Waals surface area contributed by atoms with Crippen LogP contribution in [0.2, 0.25) is 0 Å². The van der Waals surface area contributed by atoms with Crippen molar-refractivity contribution < 1.29 is 9.90 Å². The lowest BCUT2D eigenvalue weighted by atomic mass is 10.0. The molecule has 1 aliphatic heterocycles. The van der Waals surface area contributed by atoms with Crippen molar-refractivity contribution in [2.75, 3.05) is 13.1 Å². The van der Waals surface area contributed by atoms with Crippen molar-refractivity contribution in [3.63, 3.8) is 0 Å². The van der Waals surface area contributed by atoms with E-state index < -0.39 is 5.97 Å². The molecule has 0 spiro atoms. The number of hydrogen-bond donors (Lipinski definition) is 1. The third-order valence-corrected chi connectivity index (χ3v) is 2.59. The molecule has 2 rings (SSSR count). The summed E-state index contributed by atoms with van der Waals surface area (Å²) >= 11 is 4.99. The van der Waals surface area contributed by atoms with Gasteiger partial charge in [0, 0.05) is 17.8 Å². The molecule has 0 aromatic heterocycles. The van der Waals surface area contributed by atoms with Crippen molar-refractivity contribution in [2.45, 2.75) is 6.42 Å². The average Bonchev–Trinajstić information content (AvgIpc) is 2.70. The molecule has 0 aromatic rings. The molecule has 0 saturated carbocycles. The summed E-state index contributed by atoms with van der Waals surface area (Å²) in [4.78, 5) is 17.6. The molecule has 0 aromatic carbocycles. The molecule has 0 atom stereocenters. The zero-order valence-electron chi connectivity index (χ0n) is 8.01. The fourth-order valence-electron chi connectivity index (χ4n) is 1.61. The molecule has 2 aliphatic rings. The van der Waals surface area contributed by atoms with E-state index in [9.17, 15) is 4.79 Å². The van der Waals surface area contributed by atoms with E-state index in [1.807, 2.05) is 11.0 Å². The van der Waals surface area contributed by atoms with Crippen LogP contribution >= 0.6 is 12.2 Å². The predicted molar refractivity (Wildman–Crippen MR) is 61.1 cm³/mol. The molecule has 0 saturated heterocycles. The van der Waals surface area contributed by atoms with Crippen LogP contribution in [0, 0.1) is 0 Å². The van der Waals surface area contributed by atoms with Gasteiger partial charge < -0.3 is 10.0 Å². The molecule has 0 fully saturated rings. The van der Waals surface area contributed by atoms with Crippen LogP contribution in [0.4, 0.5) is 0 Å². The lowest BCUT2D eigenvalue weighted by Gasteiger charge is -2.21. The Morgan fingerprint density at radius 1 is 1.60 bits per heavy atom. The van der Waals surface area contributed by atoms with Gasteiger partial charge in [0.2, 0.25) is 0 Å². The molecule has 1 aliphatic carbocycles. The lowest BCUT2D eigenvalue weighted by molar-refractivity contribution is -0.132. The van der Waals surface area contributed by atoms with E-state index >= 15 is 0 Å². The first-order valence-electron chi connectivity index (χ1n) is 4.63. The number of rotatable bonds is 2. The van der Waals surface area contributed by atoms with Gasteiger partial charge in [0.25, 0.3) is 0 Å². The van der Waals surface area contributed by atoms with Crippen LogP contribution < -0.4 is 0 Å². The van der Waals surface area contributed by atoms with Gasteiger partial charge in [-0.05, 0) is 6.08 Å². The quantitative estimate of drug-likeness (QED) is 0.708. The fraction of sp³-hybridized carbons (Fsp3) is 0.300. The van der Waals surface area contributed by atoms with Crippen LogP contribution in [0.15, 0.2) is 28.4 Å². The van der Waals surface area contributed by atoms with E-state index in [0.717, 1.165) is 6.54 Å². The summed E-state index contributed by atoms with van der Waals surface area (Å²) < 4.78 is 0. The summed E-state index contributed by atoms with van der Waals surface area (Å²) in [6, 6.07) is 0. The number of carboxylic acid groups (broad SMARTS) is 1. The maximum Gasteiger partial charge on any atom is 0.337 e. The highest BCUT2D eigenvalue weighted by Crippen LogP contribution is 2.22. The minimum absolute atomic E-state index is 0.264. The number of hydrogen-bond acceptors (Lipinski definition) is 4. The SMILES string of the molecule is O=C(O)C1=CC(=S)CC=C1N1C=NCC1. The minimum Gasteiger partial charge on any atom is -0.478 e. The van der Waals surface area contributed by atoms with Gasteiger partial charge in [0.1, 0.15) is 0 Å². The molecule has 15 heavy (non-hydrogen) atoms. The molecule has 0 bridgehead atoms. The van der Waals surface area contributed by atoms with Gasteiger partial charge >= 0.3 is 5.97 Å². The molecule has 78 valence electrons. The number of carbonyl (C=O) groups is 1. The second-order valence-electron chi connectivity index (χ2n) is 3.34. The van der Waals surface area contributed by atoms with Crippen molar-refractivity contribution >= 4 is 29.4 Å². The summed E-state index contributed by atoms with van der Waals surface area (Å²) in [7, 11) is 0. The maximum atomic E-state index is 11.0. The Bertz CT molecular complexity index is 410. The first kappa shape index (κ1) is 10.0. The van der Waals surface area contributed by atoms with Gasteiger partial charge in [-0.1, -0.05) is 18.3 Å². The van der Waals surface area contributed by atoms with Gasteiger partial charge in [0.05, 0.1) is 24.2 Å². The molecule has 1 heterocycles.